The van der Waals surface area contributed by atoms with Gasteiger partial charge in [0.1, 0.15) is 10.5 Å². The number of nitrogens with one attached hydrogen (secondary N) is 1. The molecule has 2 nitrogen and oxygen atoms in total. The van der Waals surface area contributed by atoms with Crippen LogP contribution in [0.15, 0.2) is 20.4 Å². The largest absolute Gasteiger partial charge is 0.341 e. The van der Waals surface area contributed by atoms with E-state index in [2.05, 4.69) is 62.6 Å². The lowest BCUT2D eigenvalue weighted by Gasteiger charge is -2.21. The normalized spacial score (nSPS) is 11.8. The molecule has 0 aromatic carbocycles. The quantitative estimate of drug-likeness (QED) is 0.615. The molecule has 0 saturated heterocycles. The van der Waals surface area contributed by atoms with E-state index in [1.54, 1.807) is 11.3 Å². The topological polar surface area (TPSA) is 28.7 Å². The maximum Gasteiger partial charge on any atom is 0.149 e. The molecule has 18 heavy (non-hydrogen) atoms. The molecule has 0 spiro atoms. The van der Waals surface area contributed by atoms with Crippen LogP contribution in [0.25, 0.3) is 10.7 Å². The minimum atomic E-state index is -0.0153. The Balaban J connectivity index is 2.65. The SMILES string of the molecule is CC(C)(C)c1[nH]c(-c2ccc(Br)s2)nc(=S)c1Br. The lowest BCUT2D eigenvalue weighted by atomic mass is 9.92. The average Bonchev–Trinajstić information content (AvgIpc) is 2.67. The molecule has 0 aliphatic heterocycles. The summed E-state index contributed by atoms with van der Waals surface area (Å²) in [5.74, 6) is 0.823. The van der Waals surface area contributed by atoms with Crippen LogP contribution in [0.4, 0.5) is 0 Å². The van der Waals surface area contributed by atoms with Crippen LogP contribution in [0, 0.1) is 4.64 Å². The lowest BCUT2D eigenvalue weighted by Crippen LogP contribution is -2.15. The van der Waals surface area contributed by atoms with Gasteiger partial charge in [-0.25, -0.2) is 4.98 Å². The highest BCUT2D eigenvalue weighted by molar-refractivity contribution is 9.11. The van der Waals surface area contributed by atoms with Crippen molar-refractivity contribution in [3.8, 4) is 10.7 Å². The highest BCUT2D eigenvalue weighted by Gasteiger charge is 2.20. The van der Waals surface area contributed by atoms with E-state index in [9.17, 15) is 0 Å². The number of nitrogens with zero attached hydrogens (tertiary/aromatic N) is 1. The second-order valence-electron chi connectivity index (χ2n) is 4.93. The molecule has 0 saturated carbocycles. The van der Waals surface area contributed by atoms with E-state index in [1.807, 2.05) is 12.1 Å². The van der Waals surface area contributed by atoms with Crippen molar-refractivity contribution in [2.75, 3.05) is 0 Å². The Hall–Kier alpha value is -0.0400. The van der Waals surface area contributed by atoms with E-state index in [0.29, 0.717) is 4.64 Å². The number of rotatable bonds is 1. The minimum Gasteiger partial charge on any atom is -0.341 e. The molecule has 0 fully saturated rings. The molecule has 0 bridgehead atoms. The molecule has 2 heterocycles. The Morgan fingerprint density at radius 1 is 1.28 bits per heavy atom. The molecule has 0 radical (unpaired) electrons. The summed E-state index contributed by atoms with van der Waals surface area (Å²) >= 11 is 13.9. The van der Waals surface area contributed by atoms with Gasteiger partial charge in [-0.3, -0.25) is 0 Å². The molecule has 96 valence electrons. The number of aromatic amines is 1. The van der Waals surface area contributed by atoms with Crippen molar-refractivity contribution in [2.45, 2.75) is 26.2 Å². The van der Waals surface area contributed by atoms with Gasteiger partial charge in [0, 0.05) is 11.1 Å². The van der Waals surface area contributed by atoms with Gasteiger partial charge in [-0.1, -0.05) is 33.0 Å². The van der Waals surface area contributed by atoms with Crippen molar-refractivity contribution in [3.05, 3.63) is 30.7 Å². The molecule has 2 aromatic rings. The van der Waals surface area contributed by atoms with Crippen LogP contribution >= 0.6 is 55.4 Å². The zero-order chi connectivity index (χ0) is 13.5. The van der Waals surface area contributed by atoms with E-state index in [4.69, 9.17) is 12.2 Å². The van der Waals surface area contributed by atoms with Crippen molar-refractivity contribution in [2.24, 2.45) is 0 Å². The first-order valence-electron chi connectivity index (χ1n) is 5.35. The van der Waals surface area contributed by atoms with Crippen molar-refractivity contribution >= 4 is 55.4 Å². The van der Waals surface area contributed by atoms with Crippen molar-refractivity contribution < 1.29 is 0 Å². The Morgan fingerprint density at radius 3 is 2.44 bits per heavy atom. The van der Waals surface area contributed by atoms with E-state index in [1.165, 1.54) is 0 Å². The van der Waals surface area contributed by atoms with Gasteiger partial charge in [0.05, 0.1) is 13.1 Å². The standard InChI is InChI=1S/C12H12Br2N2S2/c1-12(2,3)9-8(14)11(17)16-10(15-9)6-4-5-7(13)18-6/h4-5H,1-3H3,(H,15,16,17). The molecule has 1 N–H and O–H groups in total. The van der Waals surface area contributed by atoms with Gasteiger partial charge in [0.2, 0.25) is 0 Å². The number of hydrogen-bond donors (Lipinski definition) is 1. The summed E-state index contributed by atoms with van der Waals surface area (Å²) in [5.41, 5.74) is 1.06. The summed E-state index contributed by atoms with van der Waals surface area (Å²) < 4.78 is 2.56. The number of H-pyrrole nitrogens is 1. The van der Waals surface area contributed by atoms with Crippen molar-refractivity contribution in [3.63, 3.8) is 0 Å². The van der Waals surface area contributed by atoms with Crippen LogP contribution in [0.1, 0.15) is 26.5 Å². The van der Waals surface area contributed by atoms with Crippen LogP contribution in [0.5, 0.6) is 0 Å². The third-order valence-electron chi connectivity index (χ3n) is 2.42. The monoisotopic (exact) mass is 406 g/mol. The number of halogens is 2. The van der Waals surface area contributed by atoms with Crippen LogP contribution < -0.4 is 0 Å². The Labute approximate surface area is 132 Å². The summed E-state index contributed by atoms with van der Waals surface area (Å²) in [4.78, 5) is 8.90. The van der Waals surface area contributed by atoms with Gasteiger partial charge in [-0.05, 0) is 44.0 Å². The van der Waals surface area contributed by atoms with Crippen LogP contribution in [0.2, 0.25) is 0 Å². The zero-order valence-corrected chi connectivity index (χ0v) is 15.0. The Morgan fingerprint density at radius 2 is 1.94 bits per heavy atom. The molecular weight excluding hydrogens is 396 g/mol. The van der Waals surface area contributed by atoms with Gasteiger partial charge >= 0.3 is 0 Å². The molecule has 0 amide bonds. The maximum absolute atomic E-state index is 5.32. The van der Waals surface area contributed by atoms with Gasteiger partial charge in [-0.2, -0.15) is 0 Å². The highest BCUT2D eigenvalue weighted by atomic mass is 79.9. The summed E-state index contributed by atoms with van der Waals surface area (Å²) in [6.07, 6.45) is 0. The van der Waals surface area contributed by atoms with Gasteiger partial charge < -0.3 is 4.98 Å². The first-order valence-corrected chi connectivity index (χ1v) is 8.16. The maximum atomic E-state index is 5.32. The minimum absolute atomic E-state index is 0.0153. The van der Waals surface area contributed by atoms with Crippen LogP contribution in [0.3, 0.4) is 0 Å². The second kappa shape index (κ2) is 5.15. The lowest BCUT2D eigenvalue weighted by molar-refractivity contribution is 0.563. The van der Waals surface area contributed by atoms with Gasteiger partial charge in [-0.15, -0.1) is 11.3 Å². The fourth-order valence-corrected chi connectivity index (χ4v) is 3.84. The summed E-state index contributed by atoms with van der Waals surface area (Å²) in [6, 6.07) is 4.04. The zero-order valence-electron chi connectivity index (χ0n) is 10.2. The summed E-state index contributed by atoms with van der Waals surface area (Å²) in [6.45, 7) is 6.44. The van der Waals surface area contributed by atoms with Gasteiger partial charge in [0.15, 0.2) is 0 Å². The van der Waals surface area contributed by atoms with E-state index in [-0.39, 0.29) is 5.41 Å². The van der Waals surface area contributed by atoms with Crippen molar-refractivity contribution in [1.29, 1.82) is 0 Å². The van der Waals surface area contributed by atoms with Crippen molar-refractivity contribution in [1.82, 2.24) is 9.97 Å². The van der Waals surface area contributed by atoms with Gasteiger partial charge in [0.25, 0.3) is 0 Å². The first-order chi connectivity index (χ1) is 8.29. The Bertz CT molecular complexity index is 638. The first kappa shape index (κ1) is 14.4. The fourth-order valence-electron chi connectivity index (χ4n) is 1.53. The highest BCUT2D eigenvalue weighted by Crippen LogP contribution is 2.33. The molecule has 2 rings (SSSR count). The molecule has 2 aromatic heterocycles. The molecule has 0 atom stereocenters. The number of hydrogen-bond acceptors (Lipinski definition) is 3. The van der Waals surface area contributed by atoms with E-state index < -0.39 is 0 Å². The molecular formula is C12H12Br2N2S2. The van der Waals surface area contributed by atoms with E-state index in [0.717, 1.165) is 24.7 Å². The summed E-state index contributed by atoms with van der Waals surface area (Å²) in [5, 5.41) is 0. The third kappa shape index (κ3) is 2.92. The van der Waals surface area contributed by atoms with E-state index >= 15 is 0 Å². The predicted molar refractivity (Wildman–Crippen MR) is 86.8 cm³/mol. The smallest absolute Gasteiger partial charge is 0.149 e. The van der Waals surface area contributed by atoms with Crippen LogP contribution in [-0.4, -0.2) is 9.97 Å². The third-order valence-corrected chi connectivity index (χ3v) is 5.38. The molecule has 0 aliphatic rings. The fraction of sp³-hybridized carbons (Fsp3) is 0.333. The summed E-state index contributed by atoms with van der Waals surface area (Å²) in [7, 11) is 0. The number of aromatic nitrogens is 2. The van der Waals surface area contributed by atoms with Crippen LogP contribution in [-0.2, 0) is 5.41 Å². The average molecular weight is 408 g/mol. The predicted octanol–water partition coefficient (Wildman–Crippen LogP) is 5.69. The molecule has 0 aliphatic carbocycles. The second-order valence-corrected chi connectivity index (χ2v) is 8.58. The molecule has 6 heteroatoms. The Kier molecular flexibility index (Phi) is 4.11. The molecule has 0 unspecified atom stereocenters. The number of thiophene rings is 1.